The molecule has 0 aromatic heterocycles. The fraction of sp³-hybridized carbons (Fsp3) is 0.435. The first kappa shape index (κ1) is 21.6. The summed E-state index contributed by atoms with van der Waals surface area (Å²) in [6, 6.07) is 14.6. The lowest BCUT2D eigenvalue weighted by molar-refractivity contribution is -0.179. The molecule has 4 rings (SSSR count). The summed E-state index contributed by atoms with van der Waals surface area (Å²) >= 11 is 12.4. The molecule has 0 unspecified atom stereocenters. The molecule has 5 nitrogen and oxygen atoms in total. The SMILES string of the molecule is O=C1[C@H](C[C@H](O)CO)O[C@@H](c2cccc(Cl)c2)[C@@H](c2ccc(Cl)cc2)N1CC1CC1. The van der Waals surface area contributed by atoms with Crippen LogP contribution in [-0.2, 0) is 9.53 Å². The van der Waals surface area contributed by atoms with Crippen molar-refractivity contribution in [3.05, 3.63) is 69.7 Å². The van der Waals surface area contributed by atoms with Crippen LogP contribution in [0.15, 0.2) is 48.5 Å². The van der Waals surface area contributed by atoms with E-state index >= 15 is 0 Å². The summed E-state index contributed by atoms with van der Waals surface area (Å²) in [5.74, 6) is 0.318. The van der Waals surface area contributed by atoms with Crippen LogP contribution in [0.4, 0.5) is 0 Å². The van der Waals surface area contributed by atoms with Crippen molar-refractivity contribution in [1.82, 2.24) is 4.90 Å². The van der Waals surface area contributed by atoms with Crippen molar-refractivity contribution in [2.24, 2.45) is 5.92 Å². The number of benzene rings is 2. The Kier molecular flexibility index (Phi) is 6.66. The van der Waals surface area contributed by atoms with E-state index < -0.39 is 24.9 Å². The van der Waals surface area contributed by atoms with E-state index in [-0.39, 0.29) is 18.4 Å². The summed E-state index contributed by atoms with van der Waals surface area (Å²) in [4.78, 5) is 15.3. The second kappa shape index (κ2) is 9.25. The van der Waals surface area contributed by atoms with Gasteiger partial charge in [-0.3, -0.25) is 4.79 Å². The van der Waals surface area contributed by atoms with Crippen molar-refractivity contribution in [2.75, 3.05) is 13.2 Å². The maximum Gasteiger partial charge on any atom is 0.252 e. The van der Waals surface area contributed by atoms with Gasteiger partial charge in [-0.15, -0.1) is 0 Å². The zero-order valence-corrected chi connectivity index (χ0v) is 18.0. The zero-order chi connectivity index (χ0) is 21.3. The molecule has 0 spiro atoms. The van der Waals surface area contributed by atoms with Crippen LogP contribution < -0.4 is 0 Å². The predicted octanol–water partition coefficient (Wildman–Crippen LogP) is 4.16. The summed E-state index contributed by atoms with van der Waals surface area (Å²) in [6.07, 6.45) is -0.0709. The predicted molar refractivity (Wildman–Crippen MR) is 115 cm³/mol. The molecule has 1 saturated carbocycles. The lowest BCUT2D eigenvalue weighted by Gasteiger charge is -2.45. The Bertz CT molecular complexity index is 887. The number of nitrogens with zero attached hydrogens (tertiary/aromatic N) is 1. The van der Waals surface area contributed by atoms with E-state index in [4.69, 9.17) is 27.9 Å². The molecule has 7 heteroatoms. The Labute approximate surface area is 186 Å². The zero-order valence-electron chi connectivity index (χ0n) is 16.5. The largest absolute Gasteiger partial charge is 0.394 e. The first-order chi connectivity index (χ1) is 14.5. The van der Waals surface area contributed by atoms with Gasteiger partial charge >= 0.3 is 0 Å². The third kappa shape index (κ3) is 4.82. The van der Waals surface area contributed by atoms with Gasteiger partial charge in [-0.2, -0.15) is 0 Å². The fourth-order valence-electron chi connectivity index (χ4n) is 4.01. The maximum atomic E-state index is 13.4. The van der Waals surface area contributed by atoms with Crippen LogP contribution in [0.2, 0.25) is 10.0 Å². The molecule has 30 heavy (non-hydrogen) atoms. The average molecular weight is 450 g/mol. The van der Waals surface area contributed by atoms with E-state index in [0.29, 0.717) is 22.5 Å². The molecule has 1 aliphatic carbocycles. The Morgan fingerprint density at radius 3 is 2.43 bits per heavy atom. The van der Waals surface area contributed by atoms with Gasteiger partial charge in [0, 0.05) is 23.0 Å². The summed E-state index contributed by atoms with van der Waals surface area (Å²) in [5.41, 5.74) is 1.79. The molecule has 160 valence electrons. The van der Waals surface area contributed by atoms with Crippen molar-refractivity contribution >= 4 is 29.1 Å². The Balaban J connectivity index is 1.76. The molecule has 2 fully saturated rings. The maximum absolute atomic E-state index is 13.4. The van der Waals surface area contributed by atoms with E-state index in [1.54, 1.807) is 6.07 Å². The number of hydrogen-bond donors (Lipinski definition) is 2. The van der Waals surface area contributed by atoms with Crippen molar-refractivity contribution in [3.8, 4) is 0 Å². The molecule has 2 aromatic rings. The summed E-state index contributed by atoms with van der Waals surface area (Å²) in [6.45, 7) is 0.219. The molecule has 0 bridgehead atoms. The van der Waals surface area contributed by atoms with Crippen LogP contribution in [0.1, 0.15) is 42.5 Å². The molecule has 1 saturated heterocycles. The average Bonchev–Trinajstić information content (AvgIpc) is 3.55. The highest BCUT2D eigenvalue weighted by Crippen LogP contribution is 2.45. The van der Waals surface area contributed by atoms with Crippen LogP contribution in [0.5, 0.6) is 0 Å². The molecular weight excluding hydrogens is 425 g/mol. The highest BCUT2D eigenvalue weighted by Gasteiger charge is 2.46. The molecule has 2 aromatic carbocycles. The van der Waals surface area contributed by atoms with Crippen molar-refractivity contribution in [2.45, 2.75) is 43.6 Å². The monoisotopic (exact) mass is 449 g/mol. The van der Waals surface area contributed by atoms with Crippen molar-refractivity contribution in [1.29, 1.82) is 0 Å². The number of hydrogen-bond acceptors (Lipinski definition) is 4. The van der Waals surface area contributed by atoms with Crippen LogP contribution in [0, 0.1) is 5.92 Å². The first-order valence-electron chi connectivity index (χ1n) is 10.2. The minimum Gasteiger partial charge on any atom is -0.394 e. The lowest BCUT2D eigenvalue weighted by atomic mass is 9.90. The molecule has 2 aliphatic rings. The molecule has 1 heterocycles. The van der Waals surface area contributed by atoms with E-state index in [1.165, 1.54) is 0 Å². The van der Waals surface area contributed by atoms with Gasteiger partial charge in [0.15, 0.2) is 0 Å². The first-order valence-corrected chi connectivity index (χ1v) is 11.0. The Morgan fingerprint density at radius 2 is 1.80 bits per heavy atom. The third-order valence-corrected chi connectivity index (χ3v) is 6.22. The number of carbonyl (C=O) groups excluding carboxylic acids is 1. The number of amides is 1. The quantitative estimate of drug-likeness (QED) is 0.665. The van der Waals surface area contributed by atoms with Crippen LogP contribution in [0.25, 0.3) is 0 Å². The van der Waals surface area contributed by atoms with Gasteiger partial charge in [-0.25, -0.2) is 0 Å². The summed E-state index contributed by atoms with van der Waals surface area (Å²) in [5, 5.41) is 20.5. The number of ether oxygens (including phenoxy) is 1. The lowest BCUT2D eigenvalue weighted by Crippen LogP contribution is -2.52. The van der Waals surface area contributed by atoms with Crippen LogP contribution in [-0.4, -0.2) is 46.4 Å². The van der Waals surface area contributed by atoms with Gasteiger partial charge in [-0.1, -0.05) is 47.5 Å². The van der Waals surface area contributed by atoms with Crippen LogP contribution >= 0.6 is 23.2 Å². The minimum atomic E-state index is -1.02. The van der Waals surface area contributed by atoms with Gasteiger partial charge in [0.2, 0.25) is 0 Å². The smallest absolute Gasteiger partial charge is 0.252 e. The molecule has 1 aliphatic heterocycles. The number of halogens is 2. The van der Waals surface area contributed by atoms with E-state index in [2.05, 4.69) is 0 Å². The number of aliphatic hydroxyl groups is 2. The second-order valence-corrected chi connectivity index (χ2v) is 8.98. The Hall–Kier alpha value is -1.63. The highest BCUT2D eigenvalue weighted by atomic mass is 35.5. The molecule has 1 amide bonds. The fourth-order valence-corrected chi connectivity index (χ4v) is 4.34. The summed E-state index contributed by atoms with van der Waals surface area (Å²) in [7, 11) is 0. The number of rotatable bonds is 7. The molecule has 4 atom stereocenters. The Morgan fingerprint density at radius 1 is 1.07 bits per heavy atom. The van der Waals surface area contributed by atoms with Crippen molar-refractivity contribution in [3.63, 3.8) is 0 Å². The van der Waals surface area contributed by atoms with Gasteiger partial charge in [0.1, 0.15) is 12.2 Å². The molecular formula is C23H25Cl2NO4. The topological polar surface area (TPSA) is 70.0 Å². The van der Waals surface area contributed by atoms with E-state index in [9.17, 15) is 15.0 Å². The third-order valence-electron chi connectivity index (χ3n) is 5.73. The second-order valence-electron chi connectivity index (χ2n) is 8.10. The normalized spacial score (nSPS) is 25.4. The number of aliphatic hydroxyl groups excluding tert-OH is 2. The van der Waals surface area contributed by atoms with E-state index in [1.807, 2.05) is 47.4 Å². The van der Waals surface area contributed by atoms with Crippen LogP contribution in [0.3, 0.4) is 0 Å². The van der Waals surface area contributed by atoms with Gasteiger partial charge in [-0.05, 0) is 54.2 Å². The molecule has 2 N–H and O–H groups in total. The molecule has 0 radical (unpaired) electrons. The number of morpholine rings is 1. The van der Waals surface area contributed by atoms with E-state index in [0.717, 1.165) is 24.0 Å². The van der Waals surface area contributed by atoms with Crippen molar-refractivity contribution < 1.29 is 19.7 Å². The standard InChI is InChI=1S/C23H25Cl2NO4/c24-17-8-6-15(7-9-17)21-22(16-2-1-3-18(25)10-16)30-20(11-19(28)13-27)23(29)26(21)12-14-4-5-14/h1-3,6-10,14,19-22,27-28H,4-5,11-13H2/t19-,20-,21+,22-/m0/s1. The highest BCUT2D eigenvalue weighted by molar-refractivity contribution is 6.30. The minimum absolute atomic E-state index is 0.0426. The number of carbonyl (C=O) groups is 1. The van der Waals surface area contributed by atoms with Gasteiger partial charge < -0.3 is 19.8 Å². The summed E-state index contributed by atoms with van der Waals surface area (Å²) < 4.78 is 6.29. The van der Waals surface area contributed by atoms with Gasteiger partial charge in [0.25, 0.3) is 5.91 Å². The van der Waals surface area contributed by atoms with Gasteiger partial charge in [0.05, 0.1) is 18.8 Å².